The molecular weight excluding hydrogens is 526 g/mol. The van der Waals surface area contributed by atoms with E-state index in [9.17, 15) is 14.7 Å². The number of carbonyl (C=O) groups is 2. The van der Waals surface area contributed by atoms with Gasteiger partial charge in [0.1, 0.15) is 12.1 Å². The van der Waals surface area contributed by atoms with E-state index in [1.807, 2.05) is 49.8 Å². The molecule has 2 aliphatic heterocycles. The topological polar surface area (TPSA) is 125 Å². The number of aliphatic hydroxyl groups is 1. The summed E-state index contributed by atoms with van der Waals surface area (Å²) in [5.41, 5.74) is 5.85. The Hall–Kier alpha value is -3.15. The van der Waals surface area contributed by atoms with Crippen molar-refractivity contribution in [2.75, 3.05) is 19.6 Å². The zero-order valence-corrected chi connectivity index (χ0v) is 23.8. The number of benzene rings is 1. The molecule has 1 saturated carbocycles. The van der Waals surface area contributed by atoms with E-state index in [1.165, 1.54) is 0 Å². The Kier molecular flexibility index (Phi) is 7.69. The summed E-state index contributed by atoms with van der Waals surface area (Å²) >= 11 is 1.61. The summed E-state index contributed by atoms with van der Waals surface area (Å²) in [6.07, 6.45) is 5.30. The molecule has 0 bridgehead atoms. The molecule has 40 heavy (non-hydrogen) atoms. The lowest BCUT2D eigenvalue weighted by molar-refractivity contribution is -0.143. The molecule has 4 heterocycles. The maximum absolute atomic E-state index is 14.2. The highest BCUT2D eigenvalue weighted by Gasteiger charge is 2.44. The summed E-state index contributed by atoms with van der Waals surface area (Å²) < 4.78 is 1.72. The minimum atomic E-state index is -0.747. The van der Waals surface area contributed by atoms with Crippen LogP contribution in [0, 0.1) is 12.8 Å². The standard InChI is InChI=1S/C29H37N7O3S/c1-17(19-3-7-22(8-4-19)27-18(2)31-16-40-27)32-28(38)25-13-23(37)14-35(25)29(39)26(21-9-11-30-12-10-21)36-15-24(33-34-36)20-5-6-20/h3-4,7-8,15-17,20-21,23,25-26,30,37H,5-6,9-14H2,1-2H3,(H,32,38)/t17-,23+,25-,26-/m0/s1. The highest BCUT2D eigenvalue weighted by molar-refractivity contribution is 7.13. The molecular formula is C29H37N7O3S. The Morgan fingerprint density at radius 3 is 2.58 bits per heavy atom. The third kappa shape index (κ3) is 5.55. The van der Waals surface area contributed by atoms with Crippen molar-refractivity contribution in [3.8, 4) is 10.4 Å². The first kappa shape index (κ1) is 27.0. The first-order valence-electron chi connectivity index (χ1n) is 14.3. The number of nitrogens with one attached hydrogen (secondary N) is 2. The first-order chi connectivity index (χ1) is 19.4. The van der Waals surface area contributed by atoms with Crippen LogP contribution in [0.4, 0.5) is 0 Å². The number of carbonyl (C=O) groups excluding carboxylic acids is 2. The molecule has 2 aromatic heterocycles. The molecule has 212 valence electrons. The van der Waals surface area contributed by atoms with E-state index in [0.717, 1.165) is 66.2 Å². The molecule has 6 rings (SSSR count). The van der Waals surface area contributed by atoms with Gasteiger partial charge >= 0.3 is 0 Å². The van der Waals surface area contributed by atoms with E-state index < -0.39 is 18.2 Å². The van der Waals surface area contributed by atoms with Crippen LogP contribution in [-0.4, -0.2) is 73.6 Å². The summed E-state index contributed by atoms with van der Waals surface area (Å²) in [7, 11) is 0. The number of β-amino-alcohol motifs (C(OH)–C–C–N with tert-alkyl or cyclic N) is 1. The molecule has 0 radical (unpaired) electrons. The molecule has 1 aromatic carbocycles. The number of hydrogen-bond acceptors (Lipinski definition) is 8. The summed E-state index contributed by atoms with van der Waals surface area (Å²) in [6.45, 7) is 5.75. The molecule has 3 fully saturated rings. The first-order valence-corrected chi connectivity index (χ1v) is 15.2. The lowest BCUT2D eigenvalue weighted by Crippen LogP contribution is -2.50. The predicted molar refractivity (Wildman–Crippen MR) is 152 cm³/mol. The molecule has 1 aliphatic carbocycles. The van der Waals surface area contributed by atoms with Crippen LogP contribution in [0.3, 0.4) is 0 Å². The molecule has 2 amide bonds. The molecule has 10 nitrogen and oxygen atoms in total. The molecule has 4 atom stereocenters. The second-order valence-corrected chi connectivity index (χ2v) is 12.3. The Morgan fingerprint density at radius 1 is 1.15 bits per heavy atom. The molecule has 0 unspecified atom stereocenters. The van der Waals surface area contributed by atoms with E-state index in [0.29, 0.717) is 5.92 Å². The van der Waals surface area contributed by atoms with E-state index in [2.05, 4.69) is 25.9 Å². The van der Waals surface area contributed by atoms with Crippen molar-refractivity contribution in [2.45, 2.75) is 76.1 Å². The van der Waals surface area contributed by atoms with E-state index in [4.69, 9.17) is 0 Å². The lowest BCUT2D eigenvalue weighted by atomic mass is 9.89. The zero-order valence-electron chi connectivity index (χ0n) is 23.0. The summed E-state index contributed by atoms with van der Waals surface area (Å²) in [5, 5.41) is 25.8. The van der Waals surface area contributed by atoms with Crippen molar-refractivity contribution in [1.82, 2.24) is 35.5 Å². The number of amides is 2. The number of aromatic nitrogens is 4. The number of likely N-dealkylation sites (tertiary alicyclic amines) is 1. The SMILES string of the molecule is Cc1ncsc1-c1ccc([C@H](C)NC(=O)[C@@H]2C[C@@H](O)CN2C(=O)[C@H](C2CCNCC2)n2cc(C3CC3)nn2)cc1. The number of hydrogen-bond donors (Lipinski definition) is 3. The van der Waals surface area contributed by atoms with Crippen LogP contribution in [0.15, 0.2) is 36.0 Å². The normalized spacial score (nSPS) is 23.2. The fourth-order valence-corrected chi connectivity index (χ4v) is 6.87. The summed E-state index contributed by atoms with van der Waals surface area (Å²) in [6, 6.07) is 6.59. The van der Waals surface area contributed by atoms with Gasteiger partial charge in [-0.2, -0.15) is 0 Å². The van der Waals surface area contributed by atoms with Crippen molar-refractivity contribution in [2.24, 2.45) is 5.92 Å². The molecule has 0 spiro atoms. The van der Waals surface area contributed by atoms with Crippen LogP contribution >= 0.6 is 11.3 Å². The van der Waals surface area contributed by atoms with Gasteiger partial charge in [0.15, 0.2) is 0 Å². The van der Waals surface area contributed by atoms with Crippen LogP contribution < -0.4 is 10.6 Å². The number of thiazole rings is 1. The van der Waals surface area contributed by atoms with Crippen molar-refractivity contribution in [3.05, 3.63) is 52.9 Å². The number of aliphatic hydroxyl groups excluding tert-OH is 1. The van der Waals surface area contributed by atoms with Crippen LogP contribution in [0.5, 0.6) is 0 Å². The van der Waals surface area contributed by atoms with Gasteiger partial charge < -0.3 is 20.6 Å². The van der Waals surface area contributed by atoms with Gasteiger partial charge in [0.2, 0.25) is 11.8 Å². The summed E-state index contributed by atoms with van der Waals surface area (Å²) in [5.74, 6) is 0.115. The molecule has 2 saturated heterocycles. The Balaban J connectivity index is 1.18. The van der Waals surface area contributed by atoms with Gasteiger partial charge in [0.25, 0.3) is 0 Å². The van der Waals surface area contributed by atoms with E-state index in [-0.39, 0.29) is 36.7 Å². The van der Waals surface area contributed by atoms with E-state index >= 15 is 0 Å². The second-order valence-electron chi connectivity index (χ2n) is 11.4. The third-order valence-corrected chi connectivity index (χ3v) is 9.51. The van der Waals surface area contributed by atoms with Crippen molar-refractivity contribution >= 4 is 23.2 Å². The van der Waals surface area contributed by atoms with Crippen LogP contribution in [0.1, 0.15) is 74.0 Å². The predicted octanol–water partition coefficient (Wildman–Crippen LogP) is 2.97. The number of nitrogens with zero attached hydrogens (tertiary/aromatic N) is 5. The largest absolute Gasteiger partial charge is 0.391 e. The Bertz CT molecular complexity index is 1350. The van der Waals surface area contributed by atoms with Gasteiger partial charge in [-0.15, -0.1) is 16.4 Å². The number of piperidine rings is 1. The maximum atomic E-state index is 14.2. The van der Waals surface area contributed by atoms with Crippen LogP contribution in [0.2, 0.25) is 0 Å². The minimum Gasteiger partial charge on any atom is -0.391 e. The lowest BCUT2D eigenvalue weighted by Gasteiger charge is -2.34. The van der Waals surface area contributed by atoms with Crippen molar-refractivity contribution < 1.29 is 14.7 Å². The minimum absolute atomic E-state index is 0.0866. The van der Waals surface area contributed by atoms with Gasteiger partial charge in [-0.25, -0.2) is 9.67 Å². The quantitative estimate of drug-likeness (QED) is 0.385. The fourth-order valence-electron chi connectivity index (χ4n) is 6.05. The molecule has 3 aliphatic rings. The van der Waals surface area contributed by atoms with Gasteiger partial charge in [0.05, 0.1) is 33.9 Å². The second kappa shape index (κ2) is 11.4. The fraction of sp³-hybridized carbons (Fsp3) is 0.552. The van der Waals surface area contributed by atoms with Crippen molar-refractivity contribution in [1.29, 1.82) is 0 Å². The monoisotopic (exact) mass is 563 g/mol. The van der Waals surface area contributed by atoms with Gasteiger partial charge in [0, 0.05) is 25.1 Å². The smallest absolute Gasteiger partial charge is 0.248 e. The van der Waals surface area contributed by atoms with E-state index in [1.54, 1.807) is 20.9 Å². The Morgan fingerprint density at radius 2 is 1.90 bits per heavy atom. The average Bonchev–Trinajstić information content (AvgIpc) is 3.33. The van der Waals surface area contributed by atoms with Gasteiger partial charge in [-0.05, 0) is 69.7 Å². The molecule has 3 aromatic rings. The van der Waals surface area contributed by atoms with Crippen LogP contribution in [0.25, 0.3) is 10.4 Å². The van der Waals surface area contributed by atoms with Crippen molar-refractivity contribution in [3.63, 3.8) is 0 Å². The summed E-state index contributed by atoms with van der Waals surface area (Å²) in [4.78, 5) is 34.8. The van der Waals surface area contributed by atoms with Crippen LogP contribution in [-0.2, 0) is 9.59 Å². The maximum Gasteiger partial charge on any atom is 0.248 e. The average molecular weight is 564 g/mol. The highest BCUT2D eigenvalue weighted by atomic mass is 32.1. The van der Waals surface area contributed by atoms with Gasteiger partial charge in [-0.1, -0.05) is 29.5 Å². The molecule has 11 heteroatoms. The third-order valence-electron chi connectivity index (χ3n) is 8.53. The zero-order chi connectivity index (χ0) is 27.8. The highest BCUT2D eigenvalue weighted by Crippen LogP contribution is 2.40. The Labute approximate surface area is 238 Å². The number of rotatable bonds is 8. The number of aryl methyl sites for hydroxylation is 1. The molecule has 3 N–H and O–H groups in total. The van der Waals surface area contributed by atoms with Gasteiger partial charge in [-0.3, -0.25) is 9.59 Å².